The number of allylic oxidation sites excluding steroid dienone is 3. The van der Waals surface area contributed by atoms with Gasteiger partial charge in [0.05, 0.1) is 35.3 Å². The lowest BCUT2D eigenvalue weighted by atomic mass is 9.86. The molecule has 1 aliphatic heterocycles. The smallest absolute Gasteiger partial charge is 0.214 e. The van der Waals surface area contributed by atoms with Gasteiger partial charge in [-0.15, -0.1) is 0 Å². The van der Waals surface area contributed by atoms with Gasteiger partial charge in [-0.2, -0.15) is 4.58 Å². The number of aliphatic hydroxyl groups is 1. The molecule has 0 amide bonds. The van der Waals surface area contributed by atoms with Gasteiger partial charge < -0.3 is 19.1 Å². The summed E-state index contributed by atoms with van der Waals surface area (Å²) in [6, 6.07) is 21.1. The van der Waals surface area contributed by atoms with Crippen molar-refractivity contribution in [2.75, 3.05) is 19.8 Å². The Morgan fingerprint density at radius 1 is 0.720 bits per heavy atom. The summed E-state index contributed by atoms with van der Waals surface area (Å²) in [5.41, 5.74) is 4.98. The summed E-state index contributed by atoms with van der Waals surface area (Å²) >= 11 is 0. The molecule has 0 atom stereocenters. The summed E-state index contributed by atoms with van der Waals surface area (Å²) in [4.78, 5) is 14.0. The highest BCUT2D eigenvalue weighted by molar-refractivity contribution is 6.29. The number of hydrogen-bond donors (Lipinski definition) is 1. The van der Waals surface area contributed by atoms with Crippen molar-refractivity contribution < 1.29 is 24.0 Å². The van der Waals surface area contributed by atoms with E-state index in [9.17, 15) is 9.90 Å². The third kappa shape index (κ3) is 5.78. The van der Waals surface area contributed by atoms with Gasteiger partial charge in [-0.1, -0.05) is 83.7 Å². The first-order valence-corrected chi connectivity index (χ1v) is 18.7. The summed E-state index contributed by atoms with van der Waals surface area (Å²) in [6.45, 7) is 11.7. The average molecular weight is 670 g/mol. The fraction of sp³-hybridized carbons (Fsp3) is 0.364. The molecule has 0 fully saturated rings. The molecule has 6 heteroatoms. The van der Waals surface area contributed by atoms with Crippen LogP contribution in [-0.2, 0) is 11.3 Å². The van der Waals surface area contributed by atoms with Crippen molar-refractivity contribution in [3.05, 3.63) is 94.6 Å². The molecule has 2 aliphatic rings. The number of unbranched alkanes of at least 4 members (excludes halogenated alkanes) is 4. The fourth-order valence-corrected chi connectivity index (χ4v) is 7.46. The van der Waals surface area contributed by atoms with Crippen molar-refractivity contribution in [2.24, 2.45) is 0 Å². The number of aromatic nitrogens is 1. The minimum Gasteiger partial charge on any atom is -0.506 e. The highest BCUT2D eigenvalue weighted by Gasteiger charge is 2.37. The molecule has 0 spiro atoms. The molecule has 1 N–H and O–H groups in total. The first-order chi connectivity index (χ1) is 24.5. The van der Waals surface area contributed by atoms with Crippen LogP contribution in [0.5, 0.6) is 11.5 Å². The Labute approximate surface area is 295 Å². The second kappa shape index (κ2) is 14.6. The lowest BCUT2D eigenvalue weighted by Crippen LogP contribution is -2.26. The predicted molar refractivity (Wildman–Crippen MR) is 205 cm³/mol. The largest absolute Gasteiger partial charge is 0.506 e. The quantitative estimate of drug-likeness (QED) is 0.0646. The number of ether oxygens (including phenoxy) is 2. The summed E-state index contributed by atoms with van der Waals surface area (Å²) < 4.78 is 17.0. The van der Waals surface area contributed by atoms with E-state index in [1.54, 1.807) is 0 Å². The Balaban J connectivity index is 1.33. The number of aliphatic hydroxyl groups excluding tert-OH is 1. The zero-order valence-corrected chi connectivity index (χ0v) is 30.0. The molecular formula is C44H49N2O4+. The second-order valence-electron chi connectivity index (χ2n) is 13.6. The zero-order valence-electron chi connectivity index (χ0n) is 30.0. The van der Waals surface area contributed by atoms with Crippen LogP contribution in [-0.4, -0.2) is 45.5 Å². The summed E-state index contributed by atoms with van der Waals surface area (Å²) in [7, 11) is 0. The maximum atomic E-state index is 14.0. The highest BCUT2D eigenvalue weighted by atomic mass is 16.5. The van der Waals surface area contributed by atoms with Crippen molar-refractivity contribution in [2.45, 2.75) is 85.6 Å². The van der Waals surface area contributed by atoms with Crippen LogP contribution in [0.3, 0.4) is 0 Å². The number of carbonyl (C=O) groups excluding carboxylic acids is 1. The molecule has 1 aliphatic carbocycles. The van der Waals surface area contributed by atoms with E-state index < -0.39 is 0 Å². The van der Waals surface area contributed by atoms with Gasteiger partial charge in [0.1, 0.15) is 23.8 Å². The standard InChI is InChI=1S/C44H48N2O4/c1-5-9-23-45-35-19-21-39(49-25-11-7-3)31-17-13-15-29(41(31)35)37(45)27-33-43(47)34(44(33)48)28-38-30-16-14-18-32-40(50-26-12-8-4)22-20-36(42(30)32)46(38)24-10-6-2/h13-22,27-28H,5-12,23-26H2,1-4H3/p+1. The first-order valence-electron chi connectivity index (χ1n) is 18.7. The maximum Gasteiger partial charge on any atom is 0.214 e. The first kappa shape index (κ1) is 33.6. The predicted octanol–water partition coefficient (Wildman–Crippen LogP) is 9.87. The zero-order chi connectivity index (χ0) is 34.8. The van der Waals surface area contributed by atoms with Crippen LogP contribution in [0.2, 0.25) is 0 Å². The van der Waals surface area contributed by atoms with Crippen LogP contribution >= 0.6 is 0 Å². The number of Topliss-reactive ketones (excluding diaryl/α,β-unsaturated/α-hetero) is 1. The van der Waals surface area contributed by atoms with Crippen molar-refractivity contribution in [3.63, 3.8) is 0 Å². The molecule has 1 aromatic heterocycles. The van der Waals surface area contributed by atoms with Gasteiger partial charge in [-0.25, -0.2) is 0 Å². The van der Waals surface area contributed by atoms with Gasteiger partial charge in [0, 0.05) is 57.5 Å². The van der Waals surface area contributed by atoms with E-state index in [2.05, 4.69) is 97.5 Å². The lowest BCUT2D eigenvalue weighted by molar-refractivity contribution is -0.436. The van der Waals surface area contributed by atoms with E-state index in [1.165, 1.54) is 0 Å². The van der Waals surface area contributed by atoms with Crippen molar-refractivity contribution in [3.8, 4) is 11.5 Å². The maximum absolute atomic E-state index is 14.0. The number of aryl methyl sites for hydroxylation is 1. The number of carbonyl (C=O) groups is 1. The fourth-order valence-electron chi connectivity index (χ4n) is 7.46. The van der Waals surface area contributed by atoms with Crippen LogP contribution < -0.4 is 14.8 Å². The van der Waals surface area contributed by atoms with E-state index in [1.807, 2.05) is 12.2 Å². The van der Waals surface area contributed by atoms with Crippen molar-refractivity contribution >= 4 is 55.7 Å². The van der Waals surface area contributed by atoms with E-state index >= 15 is 0 Å². The molecule has 50 heavy (non-hydrogen) atoms. The van der Waals surface area contributed by atoms with E-state index in [0.29, 0.717) is 24.4 Å². The molecule has 6 nitrogen and oxygen atoms in total. The van der Waals surface area contributed by atoms with Gasteiger partial charge in [0.25, 0.3) is 0 Å². The molecule has 0 radical (unpaired) electrons. The molecule has 258 valence electrons. The van der Waals surface area contributed by atoms with Crippen LogP contribution in [0.4, 0.5) is 5.69 Å². The average Bonchev–Trinajstić information content (AvgIpc) is 3.61. The molecule has 0 unspecified atom stereocenters. The molecule has 7 rings (SSSR count). The Bertz CT molecular complexity index is 2250. The summed E-state index contributed by atoms with van der Waals surface area (Å²) in [5.74, 6) is 1.70. The van der Waals surface area contributed by atoms with E-state index in [-0.39, 0.29) is 11.5 Å². The molecule has 0 bridgehead atoms. The Morgan fingerprint density at radius 3 is 2.04 bits per heavy atom. The van der Waals surface area contributed by atoms with Crippen molar-refractivity contribution in [1.82, 2.24) is 4.57 Å². The molecule has 5 aromatic rings. The summed E-state index contributed by atoms with van der Waals surface area (Å²) in [6.07, 6.45) is 12.1. The molecular weight excluding hydrogens is 620 g/mol. The Hall–Kier alpha value is -4.84. The second-order valence-corrected chi connectivity index (χ2v) is 13.6. The SMILES string of the molecule is CCCCOc1ccc2c3c(cccc13)C(/C=C1\C(=O)C(/C=c3\c4cccc5c(OCCCC)ccc(c54)n3CCCC)=C1O)=[N+]2CCCC. The van der Waals surface area contributed by atoms with Gasteiger partial charge in [0.2, 0.25) is 17.2 Å². The minimum absolute atomic E-state index is 0.0549. The van der Waals surface area contributed by atoms with Gasteiger partial charge in [0.15, 0.2) is 0 Å². The Kier molecular flexibility index (Phi) is 9.80. The summed E-state index contributed by atoms with van der Waals surface area (Å²) in [5, 5.41) is 18.0. The van der Waals surface area contributed by atoms with E-state index in [0.717, 1.165) is 131 Å². The normalized spacial score (nSPS) is 15.5. The highest BCUT2D eigenvalue weighted by Crippen LogP contribution is 2.42. The van der Waals surface area contributed by atoms with Gasteiger partial charge in [-0.05, 0) is 49.6 Å². The monoisotopic (exact) mass is 669 g/mol. The number of rotatable bonds is 16. The molecule has 4 aromatic carbocycles. The van der Waals surface area contributed by atoms with Gasteiger partial charge >= 0.3 is 0 Å². The number of hydrogen-bond acceptors (Lipinski definition) is 4. The third-order valence-electron chi connectivity index (χ3n) is 10.2. The number of nitrogens with zero attached hydrogens (tertiary/aromatic N) is 2. The Morgan fingerprint density at radius 2 is 1.36 bits per heavy atom. The molecule has 2 heterocycles. The van der Waals surface area contributed by atoms with Crippen molar-refractivity contribution in [1.29, 1.82) is 0 Å². The third-order valence-corrected chi connectivity index (χ3v) is 10.2. The molecule has 0 saturated heterocycles. The van der Waals surface area contributed by atoms with Gasteiger partial charge in [-0.3, -0.25) is 4.79 Å². The van der Waals surface area contributed by atoms with Crippen LogP contribution in [0.25, 0.3) is 38.5 Å². The number of benzene rings is 4. The van der Waals surface area contributed by atoms with Crippen LogP contribution in [0.1, 0.15) is 84.6 Å². The van der Waals surface area contributed by atoms with Crippen LogP contribution in [0, 0.1) is 0 Å². The lowest BCUT2D eigenvalue weighted by Gasteiger charge is -2.18. The van der Waals surface area contributed by atoms with E-state index in [4.69, 9.17) is 9.47 Å². The number of ketones is 1. The topological polar surface area (TPSA) is 63.7 Å². The van der Waals surface area contributed by atoms with Crippen LogP contribution in [0.15, 0.2) is 83.6 Å². The minimum atomic E-state index is -0.133. The molecule has 0 saturated carbocycles.